The van der Waals surface area contributed by atoms with Crippen molar-refractivity contribution in [2.75, 3.05) is 12.5 Å². The third-order valence-electron chi connectivity index (χ3n) is 6.89. The number of aryl methyl sites for hydroxylation is 1. The summed E-state index contributed by atoms with van der Waals surface area (Å²) in [7, 11) is 1.35. The van der Waals surface area contributed by atoms with Crippen LogP contribution in [-0.4, -0.2) is 43.6 Å². The van der Waals surface area contributed by atoms with Crippen molar-refractivity contribution < 1.29 is 13.9 Å². The summed E-state index contributed by atoms with van der Waals surface area (Å²) < 4.78 is 22.1. The first-order valence-corrected chi connectivity index (χ1v) is 12.3. The van der Waals surface area contributed by atoms with Gasteiger partial charge in [0.15, 0.2) is 17.5 Å². The van der Waals surface area contributed by atoms with E-state index in [0.29, 0.717) is 24.4 Å². The Hall–Kier alpha value is -4.63. The number of methoxy groups -OCH3 is 1. The summed E-state index contributed by atoms with van der Waals surface area (Å²) in [6.45, 7) is 2.42. The fourth-order valence-corrected chi connectivity index (χ4v) is 4.95. The normalized spacial score (nSPS) is 15.3. The molecule has 0 spiro atoms. The maximum absolute atomic E-state index is 15.0. The van der Waals surface area contributed by atoms with Gasteiger partial charge < -0.3 is 9.30 Å². The minimum absolute atomic E-state index is 0.0241. The molecular formula is C29H25FN6O2. The highest BCUT2D eigenvalue weighted by Gasteiger charge is 2.33. The molecule has 1 aliphatic heterocycles. The molecule has 0 saturated carbocycles. The van der Waals surface area contributed by atoms with Crippen LogP contribution in [0.5, 0.6) is 0 Å². The van der Waals surface area contributed by atoms with Crippen molar-refractivity contribution in [1.82, 2.24) is 24.5 Å². The number of para-hydroxylation sites is 1. The first-order valence-electron chi connectivity index (χ1n) is 12.3. The molecule has 38 heavy (non-hydrogen) atoms. The molecular weight excluding hydrogens is 483 g/mol. The molecule has 6 rings (SSSR count). The van der Waals surface area contributed by atoms with Crippen LogP contribution < -0.4 is 5.43 Å². The number of aromatic nitrogens is 4. The van der Waals surface area contributed by atoms with E-state index in [4.69, 9.17) is 4.74 Å². The number of rotatable bonds is 5. The predicted octanol–water partition coefficient (Wildman–Crippen LogP) is 4.86. The smallest absolute Gasteiger partial charge is 0.325 e. The molecule has 1 atom stereocenters. The molecule has 0 radical (unpaired) electrons. The van der Waals surface area contributed by atoms with Crippen molar-refractivity contribution in [1.29, 1.82) is 0 Å². The maximum atomic E-state index is 15.0. The van der Waals surface area contributed by atoms with Crippen molar-refractivity contribution in [3.05, 3.63) is 102 Å². The zero-order valence-corrected chi connectivity index (χ0v) is 20.9. The van der Waals surface area contributed by atoms with E-state index in [2.05, 4.69) is 20.4 Å². The van der Waals surface area contributed by atoms with Crippen LogP contribution in [0.1, 0.15) is 16.7 Å². The first-order chi connectivity index (χ1) is 18.5. The zero-order chi connectivity index (χ0) is 26.2. The molecule has 190 valence electrons. The number of halogens is 1. The lowest BCUT2D eigenvalue weighted by Crippen LogP contribution is -2.49. The number of benzene rings is 2. The van der Waals surface area contributed by atoms with Gasteiger partial charge in [0, 0.05) is 42.0 Å². The fraction of sp³-hybridized carbons (Fsp3) is 0.172. The molecule has 3 aromatic heterocycles. The number of fused-ring (bicyclic) bond motifs is 2. The lowest BCUT2D eigenvalue weighted by atomic mass is 9.95. The van der Waals surface area contributed by atoms with Gasteiger partial charge in [-0.1, -0.05) is 42.5 Å². The summed E-state index contributed by atoms with van der Waals surface area (Å²) in [4.78, 5) is 26.1. The molecule has 2 aromatic carbocycles. The highest BCUT2D eigenvalue weighted by molar-refractivity contribution is 5.93. The SMILES string of the molecule is COC(=O)C1Cc2ccccc2CN1Nc1nc(-c2cn(-c3ccccc3C)c3ncccc23)ncc1F. The number of ether oxygens (including phenoxy) is 1. The third-order valence-corrected chi connectivity index (χ3v) is 6.89. The average Bonchev–Trinajstić information content (AvgIpc) is 3.33. The van der Waals surface area contributed by atoms with Gasteiger partial charge in [-0.05, 0) is 41.8 Å². The summed E-state index contributed by atoms with van der Waals surface area (Å²) in [5.41, 5.74) is 8.68. The van der Waals surface area contributed by atoms with Gasteiger partial charge in [0.1, 0.15) is 11.7 Å². The van der Waals surface area contributed by atoms with E-state index in [1.54, 1.807) is 11.2 Å². The summed E-state index contributed by atoms with van der Waals surface area (Å²) in [5, 5.41) is 2.51. The highest BCUT2D eigenvalue weighted by atomic mass is 19.1. The number of hydrogen-bond donors (Lipinski definition) is 1. The Bertz CT molecular complexity index is 1670. The number of carbonyl (C=O) groups is 1. The third kappa shape index (κ3) is 4.16. The second-order valence-electron chi connectivity index (χ2n) is 9.22. The van der Waals surface area contributed by atoms with E-state index in [9.17, 15) is 4.79 Å². The number of carbonyl (C=O) groups excluding carboxylic acids is 1. The van der Waals surface area contributed by atoms with Gasteiger partial charge >= 0.3 is 5.97 Å². The van der Waals surface area contributed by atoms with Gasteiger partial charge in [-0.3, -0.25) is 10.2 Å². The van der Waals surface area contributed by atoms with E-state index >= 15 is 4.39 Å². The standard InChI is InChI=1S/C29H25FN6O2/c1-18-8-3-6-12-24(18)35-17-22(21-11-7-13-31-28(21)35)26-32-15-23(30)27(33-26)34-36-16-20-10-5-4-9-19(20)14-25(36)29(37)38-2/h3-13,15,17,25H,14,16H2,1-2H3,(H,32,33,34). The molecule has 9 heteroatoms. The Morgan fingerprint density at radius 3 is 2.66 bits per heavy atom. The largest absolute Gasteiger partial charge is 0.468 e. The summed E-state index contributed by atoms with van der Waals surface area (Å²) in [5.74, 6) is -0.721. The minimum atomic E-state index is -0.639. The lowest BCUT2D eigenvalue weighted by molar-refractivity contribution is -0.147. The Kier molecular flexibility index (Phi) is 6.05. The van der Waals surface area contributed by atoms with Crippen molar-refractivity contribution in [2.24, 2.45) is 0 Å². The van der Waals surface area contributed by atoms with Crippen LogP contribution in [0.25, 0.3) is 28.1 Å². The molecule has 8 nitrogen and oxygen atoms in total. The Balaban J connectivity index is 1.40. The molecule has 1 N–H and O–H groups in total. The number of pyridine rings is 1. The molecule has 4 heterocycles. The minimum Gasteiger partial charge on any atom is -0.468 e. The Morgan fingerprint density at radius 1 is 1.05 bits per heavy atom. The van der Waals surface area contributed by atoms with Crippen LogP contribution in [0.4, 0.5) is 10.2 Å². The maximum Gasteiger partial charge on any atom is 0.325 e. The predicted molar refractivity (Wildman–Crippen MR) is 142 cm³/mol. The second kappa shape index (κ2) is 9.68. The van der Waals surface area contributed by atoms with E-state index in [-0.39, 0.29) is 5.82 Å². The van der Waals surface area contributed by atoms with E-state index < -0.39 is 17.8 Å². The topological polar surface area (TPSA) is 85.2 Å². The van der Waals surface area contributed by atoms with Gasteiger partial charge in [0.05, 0.1) is 13.3 Å². The molecule has 1 unspecified atom stereocenters. The molecule has 0 amide bonds. The second-order valence-corrected chi connectivity index (χ2v) is 9.22. The van der Waals surface area contributed by atoms with Gasteiger partial charge in [-0.2, -0.15) is 0 Å². The molecule has 5 aromatic rings. The quantitative estimate of drug-likeness (QED) is 0.340. The van der Waals surface area contributed by atoms with Crippen LogP contribution in [0.2, 0.25) is 0 Å². The summed E-state index contributed by atoms with van der Waals surface area (Å²) in [6, 6.07) is 19.0. The number of nitrogens with zero attached hydrogens (tertiary/aromatic N) is 5. The summed E-state index contributed by atoms with van der Waals surface area (Å²) in [6.07, 6.45) is 5.24. The molecule has 0 fully saturated rings. The molecule has 0 aliphatic carbocycles. The van der Waals surface area contributed by atoms with E-state index in [1.807, 2.05) is 78.4 Å². The number of anilines is 1. The average molecular weight is 509 g/mol. The van der Waals surface area contributed by atoms with Gasteiger partial charge in [-0.25, -0.2) is 24.4 Å². The Morgan fingerprint density at radius 2 is 1.84 bits per heavy atom. The van der Waals surface area contributed by atoms with Crippen molar-refractivity contribution in [2.45, 2.75) is 25.9 Å². The fourth-order valence-electron chi connectivity index (χ4n) is 4.95. The highest BCUT2D eigenvalue weighted by Crippen LogP contribution is 2.32. The van der Waals surface area contributed by atoms with Crippen LogP contribution in [-0.2, 0) is 22.5 Å². The number of esters is 1. The van der Waals surface area contributed by atoms with Crippen LogP contribution in [0, 0.1) is 12.7 Å². The zero-order valence-electron chi connectivity index (χ0n) is 20.9. The van der Waals surface area contributed by atoms with Gasteiger partial charge in [0.25, 0.3) is 0 Å². The van der Waals surface area contributed by atoms with E-state index in [1.165, 1.54) is 7.11 Å². The van der Waals surface area contributed by atoms with Gasteiger partial charge in [-0.15, -0.1) is 0 Å². The van der Waals surface area contributed by atoms with Crippen molar-refractivity contribution >= 4 is 22.8 Å². The van der Waals surface area contributed by atoms with Crippen LogP contribution in [0.3, 0.4) is 0 Å². The van der Waals surface area contributed by atoms with Crippen LogP contribution in [0.15, 0.2) is 79.3 Å². The molecule has 1 aliphatic rings. The van der Waals surface area contributed by atoms with Crippen LogP contribution >= 0.6 is 0 Å². The lowest BCUT2D eigenvalue weighted by Gasteiger charge is -2.35. The van der Waals surface area contributed by atoms with Crippen molar-refractivity contribution in [3.8, 4) is 17.1 Å². The summed E-state index contributed by atoms with van der Waals surface area (Å²) >= 11 is 0. The number of hydrazine groups is 1. The monoisotopic (exact) mass is 508 g/mol. The number of nitrogens with one attached hydrogen (secondary N) is 1. The number of hydrogen-bond acceptors (Lipinski definition) is 7. The first kappa shape index (κ1) is 23.7. The van der Waals surface area contributed by atoms with Gasteiger partial charge in [0.2, 0.25) is 0 Å². The molecule has 0 bridgehead atoms. The molecule has 0 saturated heterocycles. The van der Waals surface area contributed by atoms with E-state index in [0.717, 1.165) is 39.6 Å². The Labute approximate surface area is 218 Å². The van der Waals surface area contributed by atoms with Crippen molar-refractivity contribution in [3.63, 3.8) is 0 Å².